The molecule has 3 heterocycles. The number of halogens is 4. The molecule has 2 aliphatic heterocycles. The second kappa shape index (κ2) is 11.2. The number of benzene rings is 2. The molecule has 3 aromatic rings. The summed E-state index contributed by atoms with van der Waals surface area (Å²) in [6.07, 6.45) is -3.07. The smallest absolute Gasteiger partial charge is 0.368 e. The van der Waals surface area contributed by atoms with Gasteiger partial charge in [0.2, 0.25) is 5.91 Å². The number of rotatable bonds is 6. The van der Waals surface area contributed by atoms with E-state index in [2.05, 4.69) is 9.71 Å². The molecule has 1 aromatic heterocycles. The van der Waals surface area contributed by atoms with Crippen molar-refractivity contribution in [2.75, 3.05) is 47.2 Å². The molecule has 0 aliphatic carbocycles. The Bertz CT molecular complexity index is 1530. The van der Waals surface area contributed by atoms with E-state index < -0.39 is 33.8 Å². The van der Waals surface area contributed by atoms with Crippen LogP contribution in [0, 0.1) is 5.82 Å². The highest BCUT2D eigenvalue weighted by Gasteiger charge is 2.33. The van der Waals surface area contributed by atoms with Crippen LogP contribution in [-0.2, 0) is 27.4 Å². The summed E-state index contributed by atoms with van der Waals surface area (Å²) in [6.45, 7) is 4.64. The first-order chi connectivity index (χ1) is 19.4. The van der Waals surface area contributed by atoms with E-state index in [1.54, 1.807) is 18.2 Å². The van der Waals surface area contributed by atoms with Crippen molar-refractivity contribution in [2.45, 2.75) is 36.9 Å². The van der Waals surface area contributed by atoms with Gasteiger partial charge >= 0.3 is 6.18 Å². The highest BCUT2D eigenvalue weighted by Crippen LogP contribution is 2.31. The van der Waals surface area contributed by atoms with E-state index in [4.69, 9.17) is 0 Å². The molecule has 2 aromatic carbocycles. The zero-order valence-electron chi connectivity index (χ0n) is 22.2. The standard InChI is InChI=1S/C28H29F4N5O3S.H2/c1-19(37-13-3-4-20-18-21(29)7-12-24(20)37)27(38)36-16-14-35(15-17-36)22-8-10-23(11-9-22)41(39,40)34-26-6-2-5-25(33-26)28(30,31)32;/h2,5-12,18-19H,3-4,13-17H2,1H3,(H,33,34);1H/t19-;/m1./s1. The Morgan fingerprint density at radius 2 is 1.71 bits per heavy atom. The lowest BCUT2D eigenvalue weighted by Crippen LogP contribution is -2.55. The van der Waals surface area contributed by atoms with E-state index >= 15 is 0 Å². The van der Waals surface area contributed by atoms with Crippen LogP contribution >= 0.6 is 0 Å². The molecule has 0 bridgehead atoms. The minimum absolute atomic E-state index is 0. The van der Waals surface area contributed by atoms with Crippen molar-refractivity contribution in [3.8, 4) is 0 Å². The van der Waals surface area contributed by atoms with E-state index in [1.807, 2.05) is 21.6 Å². The first-order valence-electron chi connectivity index (χ1n) is 13.2. The van der Waals surface area contributed by atoms with Crippen molar-refractivity contribution < 1.29 is 32.2 Å². The van der Waals surface area contributed by atoms with Crippen LogP contribution in [0.1, 0.15) is 26.0 Å². The van der Waals surface area contributed by atoms with E-state index in [9.17, 15) is 30.8 Å². The van der Waals surface area contributed by atoms with Gasteiger partial charge in [-0.1, -0.05) is 6.07 Å². The number of hydrogen-bond donors (Lipinski definition) is 1. The molecule has 220 valence electrons. The number of carbonyl (C=O) groups excluding carboxylic acids is 1. The minimum atomic E-state index is -4.70. The Kier molecular flexibility index (Phi) is 7.82. The van der Waals surface area contributed by atoms with Crippen LogP contribution in [0.5, 0.6) is 0 Å². The van der Waals surface area contributed by atoms with E-state index in [-0.39, 0.29) is 18.0 Å². The molecular weight excluding hydrogens is 562 g/mol. The van der Waals surface area contributed by atoms with Crippen LogP contribution < -0.4 is 14.5 Å². The van der Waals surface area contributed by atoms with Crippen molar-refractivity contribution in [3.05, 3.63) is 77.7 Å². The third-order valence-corrected chi connectivity index (χ3v) is 8.77. The van der Waals surface area contributed by atoms with Gasteiger partial charge in [-0.2, -0.15) is 13.2 Å². The third kappa shape index (κ3) is 6.24. The van der Waals surface area contributed by atoms with Crippen molar-refractivity contribution >= 4 is 33.1 Å². The number of fused-ring (bicyclic) bond motifs is 1. The summed E-state index contributed by atoms with van der Waals surface area (Å²) in [4.78, 5) is 22.5. The van der Waals surface area contributed by atoms with E-state index in [0.29, 0.717) is 26.2 Å². The zero-order valence-corrected chi connectivity index (χ0v) is 23.1. The molecule has 2 aliphatic rings. The van der Waals surface area contributed by atoms with Crippen LogP contribution in [0.3, 0.4) is 0 Å². The average Bonchev–Trinajstić information content (AvgIpc) is 2.95. The topological polar surface area (TPSA) is 85.8 Å². The Balaban J connectivity index is 0.00000405. The molecule has 13 heteroatoms. The molecule has 1 saturated heterocycles. The van der Waals surface area contributed by atoms with Crippen molar-refractivity contribution in [1.82, 2.24) is 9.88 Å². The molecule has 1 N–H and O–H groups in total. The van der Waals surface area contributed by atoms with Crippen molar-refractivity contribution in [1.29, 1.82) is 0 Å². The number of piperazine rings is 1. The summed E-state index contributed by atoms with van der Waals surface area (Å²) in [5, 5.41) is 0. The lowest BCUT2D eigenvalue weighted by molar-refractivity contribution is -0.141. The highest BCUT2D eigenvalue weighted by molar-refractivity contribution is 7.92. The molecule has 0 saturated carbocycles. The largest absolute Gasteiger partial charge is 0.433 e. The van der Waals surface area contributed by atoms with Gasteiger partial charge in [0.1, 0.15) is 23.4 Å². The maximum atomic E-state index is 13.7. The fourth-order valence-corrected chi connectivity index (χ4v) is 6.26. The Labute approximate surface area is 237 Å². The number of nitrogens with zero attached hydrogens (tertiary/aromatic N) is 4. The number of nitrogens with one attached hydrogen (secondary N) is 1. The van der Waals surface area contributed by atoms with Gasteiger partial charge in [-0.05, 0) is 79.9 Å². The zero-order chi connectivity index (χ0) is 29.4. The summed E-state index contributed by atoms with van der Waals surface area (Å²) < 4.78 is 80.0. The number of sulfonamides is 1. The average molecular weight is 594 g/mol. The summed E-state index contributed by atoms with van der Waals surface area (Å²) in [5.41, 5.74) is 1.36. The van der Waals surface area contributed by atoms with Gasteiger partial charge in [0.25, 0.3) is 10.0 Å². The Morgan fingerprint density at radius 1 is 1.00 bits per heavy atom. The predicted octanol–water partition coefficient (Wildman–Crippen LogP) is 4.78. The summed E-state index contributed by atoms with van der Waals surface area (Å²) in [5.74, 6) is -0.716. The second-order valence-corrected chi connectivity index (χ2v) is 11.7. The molecule has 1 atom stereocenters. The van der Waals surface area contributed by atoms with Gasteiger partial charge in [0.15, 0.2) is 0 Å². The number of amides is 1. The Morgan fingerprint density at radius 3 is 2.39 bits per heavy atom. The summed E-state index contributed by atoms with van der Waals surface area (Å²) in [6, 6.07) is 13.3. The Hall–Kier alpha value is -3.87. The van der Waals surface area contributed by atoms with Gasteiger partial charge in [-0.3, -0.25) is 9.52 Å². The maximum absolute atomic E-state index is 13.7. The van der Waals surface area contributed by atoms with Gasteiger partial charge in [0.05, 0.1) is 4.90 Å². The van der Waals surface area contributed by atoms with Crippen molar-refractivity contribution in [3.63, 3.8) is 0 Å². The number of pyridine rings is 1. The molecule has 5 rings (SSSR count). The molecule has 0 spiro atoms. The van der Waals surface area contributed by atoms with Crippen LogP contribution in [-0.4, -0.2) is 63.0 Å². The molecule has 41 heavy (non-hydrogen) atoms. The molecule has 0 unspecified atom stereocenters. The van der Waals surface area contributed by atoms with Crippen LogP contribution in [0.4, 0.5) is 34.8 Å². The van der Waals surface area contributed by atoms with Gasteiger partial charge in [-0.15, -0.1) is 0 Å². The van der Waals surface area contributed by atoms with Crippen molar-refractivity contribution in [2.24, 2.45) is 0 Å². The monoisotopic (exact) mass is 593 g/mol. The summed E-state index contributed by atoms with van der Waals surface area (Å²) in [7, 11) is -4.16. The predicted molar refractivity (Wildman–Crippen MR) is 149 cm³/mol. The third-order valence-electron chi connectivity index (χ3n) is 7.40. The van der Waals surface area contributed by atoms with Gasteiger partial charge in [0, 0.05) is 45.5 Å². The highest BCUT2D eigenvalue weighted by atomic mass is 32.2. The number of alkyl halides is 3. The van der Waals surface area contributed by atoms with Gasteiger partial charge < -0.3 is 14.7 Å². The number of anilines is 3. The minimum Gasteiger partial charge on any atom is -0.368 e. The molecule has 1 amide bonds. The van der Waals surface area contributed by atoms with Crippen LogP contribution in [0.2, 0.25) is 0 Å². The molecule has 0 radical (unpaired) electrons. The quantitative estimate of drug-likeness (QED) is 0.415. The fourth-order valence-electron chi connectivity index (χ4n) is 5.26. The van der Waals surface area contributed by atoms with Crippen LogP contribution in [0.25, 0.3) is 0 Å². The normalized spacial score (nSPS) is 16.8. The number of carbonyl (C=O) groups is 1. The molecule has 8 nitrogen and oxygen atoms in total. The van der Waals surface area contributed by atoms with E-state index in [1.165, 1.54) is 24.3 Å². The van der Waals surface area contributed by atoms with Crippen LogP contribution in [0.15, 0.2) is 65.6 Å². The fraction of sp³-hybridized carbons (Fsp3) is 0.357. The first kappa shape index (κ1) is 28.7. The van der Waals surface area contributed by atoms with Gasteiger partial charge in [-0.25, -0.2) is 17.8 Å². The molecule has 1 fully saturated rings. The number of aromatic nitrogens is 1. The number of hydrogen-bond acceptors (Lipinski definition) is 6. The summed E-state index contributed by atoms with van der Waals surface area (Å²) >= 11 is 0. The number of aryl methyl sites for hydroxylation is 1. The SMILES string of the molecule is C[C@H](C(=O)N1CCN(c2ccc(S(=O)(=O)Nc3cccc(C(F)(F)F)n3)cc2)CC1)N1CCCc2cc(F)ccc21.[HH]. The molecular formula is C28H31F4N5O3S. The maximum Gasteiger partial charge on any atom is 0.433 e. The lowest BCUT2D eigenvalue weighted by Gasteiger charge is -2.41. The lowest BCUT2D eigenvalue weighted by atomic mass is 9.99. The second-order valence-electron chi connectivity index (χ2n) is 10.1. The first-order valence-corrected chi connectivity index (χ1v) is 14.7. The van der Waals surface area contributed by atoms with E-state index in [0.717, 1.165) is 54.5 Å².